The van der Waals surface area contributed by atoms with E-state index >= 15 is 0 Å². The van der Waals surface area contributed by atoms with Crippen molar-refractivity contribution in [3.05, 3.63) is 72.4 Å². The Kier molecular flexibility index (Phi) is 6.99. The van der Waals surface area contributed by atoms with Gasteiger partial charge in [-0.3, -0.25) is 9.78 Å². The molecule has 0 saturated carbocycles. The summed E-state index contributed by atoms with van der Waals surface area (Å²) >= 11 is 0. The quantitative estimate of drug-likeness (QED) is 0.383. The fourth-order valence-electron chi connectivity index (χ4n) is 4.52. The lowest BCUT2D eigenvalue weighted by molar-refractivity contribution is -0.132. The van der Waals surface area contributed by atoms with Crippen molar-refractivity contribution >= 4 is 17.2 Å². The molecule has 0 bridgehead atoms. The molecule has 1 aliphatic heterocycles. The van der Waals surface area contributed by atoms with Gasteiger partial charge in [0.15, 0.2) is 0 Å². The molecule has 0 spiro atoms. The third kappa shape index (κ3) is 5.38. The molecule has 5 rings (SSSR count). The van der Waals surface area contributed by atoms with E-state index in [1.807, 2.05) is 41.4 Å². The van der Waals surface area contributed by atoms with Crippen molar-refractivity contribution in [2.24, 2.45) is 5.92 Å². The Morgan fingerprint density at radius 1 is 1.14 bits per heavy atom. The second-order valence-electron chi connectivity index (χ2n) is 9.57. The molecule has 4 aromatic heterocycles. The number of aromatic nitrogens is 4. The number of nitrogens with zero attached hydrogens (tertiary/aromatic N) is 7. The summed E-state index contributed by atoms with van der Waals surface area (Å²) in [7, 11) is 0. The van der Waals surface area contributed by atoms with Crippen LogP contribution in [0.15, 0.2) is 61.3 Å². The zero-order valence-electron chi connectivity index (χ0n) is 21.0. The van der Waals surface area contributed by atoms with Gasteiger partial charge >= 0.3 is 0 Å². The highest BCUT2D eigenvalue weighted by molar-refractivity contribution is 5.85. The van der Waals surface area contributed by atoms with Gasteiger partial charge in [-0.15, -0.1) is 0 Å². The minimum Gasteiger partial charge on any atom is -0.487 e. The summed E-state index contributed by atoms with van der Waals surface area (Å²) in [6.07, 6.45) is 9.24. The minimum absolute atomic E-state index is 0.224. The maximum Gasteiger partial charge on any atom is 0.222 e. The lowest BCUT2D eigenvalue weighted by atomic mass is 10.1. The number of piperazine rings is 1. The average molecular weight is 496 g/mol. The molecule has 0 radical (unpaired) electrons. The first-order chi connectivity index (χ1) is 18.0. The van der Waals surface area contributed by atoms with Crippen LogP contribution in [0, 0.1) is 17.2 Å². The van der Waals surface area contributed by atoms with E-state index in [9.17, 15) is 10.1 Å². The molecule has 1 amide bonds. The molecular weight excluding hydrogens is 466 g/mol. The number of ether oxygens (including phenoxy) is 1. The van der Waals surface area contributed by atoms with Gasteiger partial charge in [-0.1, -0.05) is 19.9 Å². The molecule has 188 valence electrons. The van der Waals surface area contributed by atoms with Gasteiger partial charge in [0.2, 0.25) is 5.91 Å². The van der Waals surface area contributed by atoms with Gasteiger partial charge in [0, 0.05) is 67.9 Å². The summed E-state index contributed by atoms with van der Waals surface area (Å²) in [5, 5.41) is 14.0. The van der Waals surface area contributed by atoms with E-state index in [2.05, 4.69) is 34.9 Å². The topological polar surface area (TPSA) is 99.6 Å². The number of rotatable bonds is 7. The van der Waals surface area contributed by atoms with Gasteiger partial charge in [-0.05, 0) is 30.2 Å². The van der Waals surface area contributed by atoms with Crippen LogP contribution in [0.25, 0.3) is 16.6 Å². The SMILES string of the molecule is CC(C)CC(=O)N1CCN(c2ccc(-c3cc(OCc4cccnc4)cn4ncc(C#N)c34)cn2)CC1. The molecule has 0 N–H and O–H groups in total. The van der Waals surface area contributed by atoms with Crippen molar-refractivity contribution in [2.75, 3.05) is 31.1 Å². The van der Waals surface area contributed by atoms with Crippen molar-refractivity contribution in [1.29, 1.82) is 5.26 Å². The number of anilines is 1. The molecule has 5 heterocycles. The number of amides is 1. The second-order valence-corrected chi connectivity index (χ2v) is 9.57. The van der Waals surface area contributed by atoms with E-state index in [1.54, 1.807) is 29.3 Å². The van der Waals surface area contributed by atoms with Crippen LogP contribution in [-0.4, -0.2) is 56.6 Å². The second kappa shape index (κ2) is 10.7. The summed E-state index contributed by atoms with van der Waals surface area (Å²) in [5.74, 6) is 2.09. The molecule has 37 heavy (non-hydrogen) atoms. The monoisotopic (exact) mass is 495 g/mol. The van der Waals surface area contributed by atoms with Gasteiger partial charge in [0.05, 0.1) is 23.5 Å². The lowest BCUT2D eigenvalue weighted by Gasteiger charge is -2.35. The predicted octanol–water partition coefficient (Wildman–Crippen LogP) is 3.94. The molecule has 0 aliphatic carbocycles. The first-order valence-corrected chi connectivity index (χ1v) is 12.4. The van der Waals surface area contributed by atoms with Crippen LogP contribution in [-0.2, 0) is 11.4 Å². The Morgan fingerprint density at radius 2 is 1.97 bits per heavy atom. The fourth-order valence-corrected chi connectivity index (χ4v) is 4.52. The lowest BCUT2D eigenvalue weighted by Crippen LogP contribution is -2.49. The summed E-state index contributed by atoms with van der Waals surface area (Å²) in [4.78, 5) is 25.4. The van der Waals surface area contributed by atoms with Crippen molar-refractivity contribution in [3.63, 3.8) is 0 Å². The van der Waals surface area contributed by atoms with Crippen molar-refractivity contribution in [1.82, 2.24) is 24.5 Å². The number of carbonyl (C=O) groups excluding carboxylic acids is 1. The van der Waals surface area contributed by atoms with Crippen LogP contribution in [0.4, 0.5) is 5.82 Å². The van der Waals surface area contributed by atoms with E-state index < -0.39 is 0 Å². The van der Waals surface area contributed by atoms with E-state index in [0.29, 0.717) is 48.9 Å². The zero-order valence-corrected chi connectivity index (χ0v) is 21.0. The van der Waals surface area contributed by atoms with Crippen LogP contribution < -0.4 is 9.64 Å². The van der Waals surface area contributed by atoms with Crippen molar-refractivity contribution in [3.8, 4) is 22.9 Å². The normalized spacial score (nSPS) is 13.7. The largest absolute Gasteiger partial charge is 0.487 e. The Hall–Kier alpha value is -4.45. The number of nitriles is 1. The Morgan fingerprint density at radius 3 is 2.65 bits per heavy atom. The third-order valence-corrected chi connectivity index (χ3v) is 6.43. The summed E-state index contributed by atoms with van der Waals surface area (Å²) in [6, 6.07) is 12.0. The number of carbonyl (C=O) groups is 1. The molecule has 1 fully saturated rings. The van der Waals surface area contributed by atoms with E-state index in [1.165, 1.54) is 0 Å². The molecule has 9 nitrogen and oxygen atoms in total. The standard InChI is InChI=1S/C28H29N7O2/c1-20(2)12-27(36)34-10-8-33(9-11-34)26-6-5-22(16-31-26)25-13-24(37-19-21-4-3-7-30-15-21)18-35-28(25)23(14-29)17-32-35/h3-7,13,15-18,20H,8-12,19H2,1-2H3. The summed E-state index contributed by atoms with van der Waals surface area (Å²) < 4.78 is 7.71. The van der Waals surface area contributed by atoms with E-state index in [4.69, 9.17) is 9.72 Å². The van der Waals surface area contributed by atoms with Crippen LogP contribution in [0.5, 0.6) is 5.75 Å². The molecule has 1 aliphatic rings. The maximum absolute atomic E-state index is 12.4. The van der Waals surface area contributed by atoms with E-state index in [0.717, 1.165) is 35.6 Å². The summed E-state index contributed by atoms with van der Waals surface area (Å²) in [6.45, 7) is 7.41. The maximum atomic E-state index is 12.4. The minimum atomic E-state index is 0.224. The van der Waals surface area contributed by atoms with Gasteiger partial charge in [-0.2, -0.15) is 10.4 Å². The smallest absolute Gasteiger partial charge is 0.222 e. The van der Waals surface area contributed by atoms with Gasteiger partial charge in [0.1, 0.15) is 24.2 Å². The Labute approximate surface area is 215 Å². The molecule has 0 atom stereocenters. The van der Waals surface area contributed by atoms with Gasteiger partial charge in [0.25, 0.3) is 0 Å². The van der Waals surface area contributed by atoms with E-state index in [-0.39, 0.29) is 5.91 Å². The number of hydrogen-bond donors (Lipinski definition) is 0. The van der Waals surface area contributed by atoms with Gasteiger partial charge in [-0.25, -0.2) is 9.50 Å². The van der Waals surface area contributed by atoms with Crippen LogP contribution >= 0.6 is 0 Å². The predicted molar refractivity (Wildman–Crippen MR) is 140 cm³/mol. The summed E-state index contributed by atoms with van der Waals surface area (Å²) in [5.41, 5.74) is 3.84. The highest BCUT2D eigenvalue weighted by atomic mass is 16.5. The molecule has 0 unspecified atom stereocenters. The van der Waals surface area contributed by atoms with Crippen molar-refractivity contribution < 1.29 is 9.53 Å². The first-order valence-electron chi connectivity index (χ1n) is 12.4. The fraction of sp³-hybridized carbons (Fsp3) is 0.321. The number of fused-ring (bicyclic) bond motifs is 1. The first kappa shape index (κ1) is 24.3. The molecule has 9 heteroatoms. The highest BCUT2D eigenvalue weighted by Gasteiger charge is 2.22. The van der Waals surface area contributed by atoms with Crippen LogP contribution in [0.1, 0.15) is 31.4 Å². The highest BCUT2D eigenvalue weighted by Crippen LogP contribution is 2.31. The van der Waals surface area contributed by atoms with Gasteiger partial charge < -0.3 is 14.5 Å². The zero-order chi connectivity index (χ0) is 25.8. The Balaban J connectivity index is 1.36. The average Bonchev–Trinajstić information content (AvgIpc) is 3.35. The number of pyridine rings is 3. The van der Waals surface area contributed by atoms with Crippen LogP contribution in [0.2, 0.25) is 0 Å². The molecule has 0 aromatic carbocycles. The molecular formula is C28H29N7O2. The number of hydrogen-bond acceptors (Lipinski definition) is 7. The van der Waals surface area contributed by atoms with Crippen LogP contribution in [0.3, 0.4) is 0 Å². The molecule has 4 aromatic rings. The third-order valence-electron chi connectivity index (χ3n) is 6.43. The molecule has 1 saturated heterocycles. The Bertz CT molecular complexity index is 1420. The van der Waals surface area contributed by atoms with Crippen molar-refractivity contribution in [2.45, 2.75) is 26.9 Å².